The molecule has 2 fully saturated rings. The summed E-state index contributed by atoms with van der Waals surface area (Å²) in [5, 5.41) is 17.1. The Balaban J connectivity index is 0.00000337. The summed E-state index contributed by atoms with van der Waals surface area (Å²) in [6, 6.07) is 6.93. The minimum absolute atomic E-state index is 0. The smallest absolute Gasteiger partial charge is 0.254 e. The molecule has 0 unspecified atom stereocenters. The van der Waals surface area contributed by atoms with Crippen molar-refractivity contribution in [2.75, 3.05) is 25.0 Å². The molecular formula is C28H32ClF2N5O4S. The van der Waals surface area contributed by atoms with Gasteiger partial charge in [0.05, 0.1) is 17.3 Å². The molecule has 220 valence electrons. The Bertz CT molecular complexity index is 1390. The third kappa shape index (κ3) is 6.30. The molecule has 3 N–H and O–H groups in total. The normalized spacial score (nSPS) is 23.1. The maximum absolute atomic E-state index is 13.4. The number of fused-ring (bicyclic) bond motifs is 1. The number of nitrogens with zero attached hydrogens (tertiary/aromatic N) is 3. The quantitative estimate of drug-likeness (QED) is 0.315. The number of aliphatic hydroxyl groups is 1. The SMILES string of the molecule is O=C(NC[C@H](O)CN1CCc2c(ccc(OCc3cnco3)c2Cl)C1)c1ccnc(NC2CC3(C2)CC3(F)F)c1.S. The number of amides is 1. The molecule has 1 aliphatic heterocycles. The lowest BCUT2D eigenvalue weighted by atomic mass is 9.76. The second-order valence-corrected chi connectivity index (χ2v) is 11.3. The van der Waals surface area contributed by atoms with Gasteiger partial charge in [-0.2, -0.15) is 13.5 Å². The van der Waals surface area contributed by atoms with Gasteiger partial charge in [0.1, 0.15) is 18.2 Å². The lowest BCUT2D eigenvalue weighted by molar-refractivity contribution is 0.0247. The summed E-state index contributed by atoms with van der Waals surface area (Å²) in [7, 11) is 0. The molecule has 6 rings (SSSR count). The van der Waals surface area contributed by atoms with E-state index >= 15 is 0 Å². The molecule has 0 radical (unpaired) electrons. The summed E-state index contributed by atoms with van der Waals surface area (Å²) in [4.78, 5) is 22.9. The van der Waals surface area contributed by atoms with Gasteiger partial charge >= 0.3 is 0 Å². The molecule has 0 saturated heterocycles. The van der Waals surface area contributed by atoms with Crippen molar-refractivity contribution >= 4 is 36.8 Å². The second kappa shape index (κ2) is 11.7. The van der Waals surface area contributed by atoms with Gasteiger partial charge in [0.2, 0.25) is 0 Å². The summed E-state index contributed by atoms with van der Waals surface area (Å²) in [5.41, 5.74) is 1.66. The van der Waals surface area contributed by atoms with Gasteiger partial charge in [-0.1, -0.05) is 17.7 Å². The number of β-amino-alcohol motifs (C(OH)–C–C–N with tert-alkyl or cyclic N) is 1. The Kier molecular flexibility index (Phi) is 8.47. The predicted molar refractivity (Wildman–Crippen MR) is 153 cm³/mol. The number of ether oxygens (including phenoxy) is 1. The van der Waals surface area contributed by atoms with Gasteiger partial charge in [-0.25, -0.2) is 18.7 Å². The van der Waals surface area contributed by atoms with Crippen LogP contribution in [0.3, 0.4) is 0 Å². The number of rotatable bonds is 10. The average Bonchev–Trinajstić information content (AvgIpc) is 3.23. The van der Waals surface area contributed by atoms with Crippen LogP contribution in [0.25, 0.3) is 0 Å². The fraction of sp³-hybridized carbons (Fsp3) is 0.464. The molecule has 1 atom stereocenters. The zero-order chi connectivity index (χ0) is 27.9. The Morgan fingerprint density at radius 3 is 2.85 bits per heavy atom. The van der Waals surface area contributed by atoms with Gasteiger partial charge < -0.3 is 24.9 Å². The van der Waals surface area contributed by atoms with Crippen LogP contribution in [0.4, 0.5) is 14.6 Å². The molecule has 1 spiro atoms. The first kappa shape index (κ1) is 29.6. The number of carbonyl (C=O) groups is 1. The Hall–Kier alpha value is -2.93. The maximum atomic E-state index is 13.4. The summed E-state index contributed by atoms with van der Waals surface area (Å²) in [5.74, 6) is -1.20. The van der Waals surface area contributed by atoms with Crippen molar-refractivity contribution in [1.29, 1.82) is 0 Å². The summed E-state index contributed by atoms with van der Waals surface area (Å²) in [6.45, 7) is 2.04. The van der Waals surface area contributed by atoms with E-state index in [9.17, 15) is 18.7 Å². The van der Waals surface area contributed by atoms with Crippen molar-refractivity contribution in [3.05, 3.63) is 70.5 Å². The van der Waals surface area contributed by atoms with Gasteiger partial charge in [-0.05, 0) is 48.6 Å². The molecule has 13 heteroatoms. The number of pyridine rings is 1. The second-order valence-electron chi connectivity index (χ2n) is 11.0. The van der Waals surface area contributed by atoms with Gasteiger partial charge in [0.15, 0.2) is 12.2 Å². The zero-order valence-electron chi connectivity index (χ0n) is 22.2. The molecule has 3 heterocycles. The molecule has 1 aromatic carbocycles. The molecule has 0 bridgehead atoms. The summed E-state index contributed by atoms with van der Waals surface area (Å²) < 4.78 is 37.9. The van der Waals surface area contributed by atoms with Crippen LogP contribution in [0.15, 0.2) is 47.5 Å². The average molecular weight is 608 g/mol. The van der Waals surface area contributed by atoms with E-state index in [0.29, 0.717) is 66.8 Å². The van der Waals surface area contributed by atoms with E-state index in [1.165, 1.54) is 12.6 Å². The maximum Gasteiger partial charge on any atom is 0.254 e. The number of hydrogen-bond acceptors (Lipinski definition) is 8. The Labute approximate surface area is 248 Å². The van der Waals surface area contributed by atoms with Crippen molar-refractivity contribution in [3.8, 4) is 5.75 Å². The van der Waals surface area contributed by atoms with Crippen LogP contribution < -0.4 is 15.4 Å². The molecule has 9 nitrogen and oxygen atoms in total. The molecule has 1 amide bonds. The van der Waals surface area contributed by atoms with E-state index in [-0.39, 0.29) is 45.0 Å². The monoisotopic (exact) mass is 607 g/mol. The standard InChI is InChI=1S/C28H30ClF2N5O4.H2S/c29-25-22-4-6-36(12-18(22)1-2-23(25)39-14-21-11-32-16-40-21)13-20(37)10-34-26(38)17-3-5-33-24(7-17)35-19-8-27(9-19)15-28(27,30)31;/h1-3,5,7,11,16,19-20,37H,4,6,8-10,12-15H2,(H,33,35)(H,34,38);1H2/t19?,20-,27?;/m0./s1. The highest BCUT2D eigenvalue weighted by atomic mass is 35.5. The van der Waals surface area contributed by atoms with Crippen LogP contribution in [0.2, 0.25) is 5.02 Å². The van der Waals surface area contributed by atoms with Gasteiger partial charge in [-0.15, -0.1) is 0 Å². The lowest BCUT2D eigenvalue weighted by Crippen LogP contribution is -2.42. The first-order valence-electron chi connectivity index (χ1n) is 13.3. The minimum Gasteiger partial charge on any atom is -0.484 e. The first-order chi connectivity index (χ1) is 19.2. The Morgan fingerprint density at radius 1 is 1.32 bits per heavy atom. The van der Waals surface area contributed by atoms with Crippen molar-refractivity contribution in [2.45, 2.75) is 56.9 Å². The Morgan fingerprint density at radius 2 is 2.12 bits per heavy atom. The van der Waals surface area contributed by atoms with Crippen LogP contribution >= 0.6 is 25.1 Å². The highest BCUT2D eigenvalue weighted by molar-refractivity contribution is 7.59. The van der Waals surface area contributed by atoms with Gasteiger partial charge in [-0.3, -0.25) is 9.69 Å². The number of aromatic nitrogens is 2. The number of aliphatic hydroxyl groups excluding tert-OH is 1. The van der Waals surface area contributed by atoms with Gasteiger partial charge in [0, 0.05) is 55.8 Å². The van der Waals surface area contributed by atoms with E-state index in [4.69, 9.17) is 20.8 Å². The van der Waals surface area contributed by atoms with Crippen LogP contribution in [0.5, 0.6) is 5.75 Å². The largest absolute Gasteiger partial charge is 0.484 e. The van der Waals surface area contributed by atoms with Crippen LogP contribution in [-0.2, 0) is 19.6 Å². The molecule has 2 saturated carbocycles. The van der Waals surface area contributed by atoms with Crippen LogP contribution in [0, 0.1) is 5.41 Å². The van der Waals surface area contributed by atoms with E-state index in [1.807, 2.05) is 12.1 Å². The highest BCUT2D eigenvalue weighted by Gasteiger charge is 2.75. The molecule has 3 aliphatic rings. The molecule has 2 aliphatic carbocycles. The summed E-state index contributed by atoms with van der Waals surface area (Å²) in [6.07, 6.45) is 5.18. The van der Waals surface area contributed by atoms with Crippen molar-refractivity contribution in [1.82, 2.24) is 20.2 Å². The van der Waals surface area contributed by atoms with E-state index in [1.54, 1.807) is 18.3 Å². The minimum atomic E-state index is -2.54. The van der Waals surface area contributed by atoms with E-state index < -0.39 is 17.4 Å². The topological polar surface area (TPSA) is 113 Å². The number of carbonyl (C=O) groups excluding carboxylic acids is 1. The van der Waals surface area contributed by atoms with E-state index in [0.717, 1.165) is 11.1 Å². The number of oxazole rings is 1. The number of alkyl halides is 2. The number of hydrogen-bond donors (Lipinski definition) is 3. The predicted octanol–water partition coefficient (Wildman–Crippen LogP) is 4.16. The summed E-state index contributed by atoms with van der Waals surface area (Å²) >= 11 is 6.61. The van der Waals surface area contributed by atoms with Crippen molar-refractivity contribution in [2.24, 2.45) is 5.41 Å². The molecule has 2 aromatic heterocycles. The lowest BCUT2D eigenvalue weighted by Gasteiger charge is -2.36. The molecular weight excluding hydrogens is 576 g/mol. The van der Waals surface area contributed by atoms with Crippen LogP contribution in [-0.4, -0.2) is 63.6 Å². The fourth-order valence-electron chi connectivity index (χ4n) is 5.72. The third-order valence-corrected chi connectivity index (χ3v) is 8.47. The van der Waals surface area contributed by atoms with Crippen molar-refractivity contribution < 1.29 is 27.8 Å². The number of nitrogens with one attached hydrogen (secondary N) is 2. The number of benzene rings is 1. The fourth-order valence-corrected chi connectivity index (χ4v) is 6.06. The van der Waals surface area contributed by atoms with Crippen molar-refractivity contribution in [3.63, 3.8) is 0 Å². The van der Waals surface area contributed by atoms with E-state index in [2.05, 4.69) is 25.5 Å². The number of anilines is 1. The number of halogens is 3. The van der Waals surface area contributed by atoms with Gasteiger partial charge in [0.25, 0.3) is 11.8 Å². The first-order valence-corrected chi connectivity index (χ1v) is 13.7. The zero-order valence-corrected chi connectivity index (χ0v) is 24.0. The highest BCUT2D eigenvalue weighted by Crippen LogP contribution is 2.71. The van der Waals surface area contributed by atoms with Crippen LogP contribution in [0.1, 0.15) is 46.5 Å². The third-order valence-electron chi connectivity index (χ3n) is 8.06. The molecule has 41 heavy (non-hydrogen) atoms. The molecule has 3 aromatic rings.